The molecule has 9 heteroatoms. The number of hydrogen-bond acceptors (Lipinski definition) is 5. The van der Waals surface area contributed by atoms with E-state index >= 15 is 0 Å². The standard InChI is InChI=1S/C12H10FN3O3.C10H8N2.C2H6/c13-7-2-1-6-4-16(11(18)8(6)3-7)5-9-10(17)15-12(19)14-9;1-2-5-9(6-3-1)10-11-7-4-8-12-10;1-2/h1-3,9H,4-5H2,(H2,14,15,17,19);1-8H;1-2H3. The molecule has 3 heterocycles. The molecule has 2 aliphatic heterocycles. The molecule has 0 radical (unpaired) electrons. The predicted octanol–water partition coefficient (Wildman–Crippen LogP) is 3.16. The van der Waals surface area contributed by atoms with Crippen molar-refractivity contribution in [3.63, 3.8) is 0 Å². The van der Waals surface area contributed by atoms with Gasteiger partial charge in [-0.2, -0.15) is 0 Å². The first kappa shape index (κ1) is 23.5. The van der Waals surface area contributed by atoms with Gasteiger partial charge in [-0.3, -0.25) is 14.9 Å². The second-order valence-corrected chi connectivity index (χ2v) is 6.94. The van der Waals surface area contributed by atoms with Gasteiger partial charge in [-0.05, 0) is 23.8 Å². The molecule has 1 aromatic heterocycles. The summed E-state index contributed by atoms with van der Waals surface area (Å²) in [5, 5.41) is 4.52. The molecule has 1 unspecified atom stereocenters. The Balaban J connectivity index is 0.000000188. The van der Waals surface area contributed by atoms with Crippen LogP contribution in [-0.4, -0.2) is 45.3 Å². The molecule has 2 aromatic carbocycles. The lowest BCUT2D eigenvalue weighted by atomic mass is 10.1. The highest BCUT2D eigenvalue weighted by Gasteiger charge is 2.35. The highest BCUT2D eigenvalue weighted by atomic mass is 19.1. The quantitative estimate of drug-likeness (QED) is 0.598. The van der Waals surface area contributed by atoms with E-state index in [4.69, 9.17) is 0 Å². The van der Waals surface area contributed by atoms with Crippen molar-refractivity contribution in [1.82, 2.24) is 25.5 Å². The van der Waals surface area contributed by atoms with Gasteiger partial charge in [0.1, 0.15) is 11.9 Å². The molecule has 2 N–H and O–H groups in total. The molecule has 33 heavy (non-hydrogen) atoms. The van der Waals surface area contributed by atoms with Gasteiger partial charge < -0.3 is 10.2 Å². The van der Waals surface area contributed by atoms with E-state index in [0.717, 1.165) is 17.0 Å². The molecule has 5 rings (SSSR count). The van der Waals surface area contributed by atoms with E-state index in [1.165, 1.54) is 17.0 Å². The normalized spacial score (nSPS) is 16.0. The van der Waals surface area contributed by atoms with E-state index in [1.807, 2.05) is 50.2 Å². The van der Waals surface area contributed by atoms with Gasteiger partial charge in [-0.15, -0.1) is 0 Å². The van der Waals surface area contributed by atoms with Crippen LogP contribution in [0.15, 0.2) is 67.0 Å². The lowest BCUT2D eigenvalue weighted by Gasteiger charge is -2.18. The van der Waals surface area contributed by atoms with Crippen molar-refractivity contribution in [2.24, 2.45) is 0 Å². The van der Waals surface area contributed by atoms with Crippen LogP contribution in [-0.2, 0) is 11.3 Å². The highest BCUT2D eigenvalue weighted by molar-refractivity contribution is 6.05. The Kier molecular flexibility index (Phi) is 7.80. The molecule has 1 fully saturated rings. The largest absolute Gasteiger partial charge is 0.332 e. The third kappa shape index (κ3) is 5.76. The van der Waals surface area contributed by atoms with Crippen LogP contribution in [0, 0.1) is 5.82 Å². The molecule has 2 aliphatic rings. The fourth-order valence-corrected chi connectivity index (χ4v) is 3.32. The van der Waals surface area contributed by atoms with E-state index in [9.17, 15) is 18.8 Å². The lowest BCUT2D eigenvalue weighted by molar-refractivity contribution is -0.120. The number of aromatic nitrogens is 2. The average molecular weight is 449 g/mol. The monoisotopic (exact) mass is 449 g/mol. The molecule has 0 bridgehead atoms. The SMILES string of the molecule is CC.O=C1NC(=O)C(CN2Cc3ccc(F)cc3C2=O)N1.c1ccc(-c2ncccn2)cc1. The van der Waals surface area contributed by atoms with Gasteiger partial charge in [0, 0.05) is 30.1 Å². The minimum absolute atomic E-state index is 0.0761. The molecule has 0 spiro atoms. The number of nitrogens with one attached hydrogen (secondary N) is 2. The summed E-state index contributed by atoms with van der Waals surface area (Å²) in [7, 11) is 0. The fourth-order valence-electron chi connectivity index (χ4n) is 3.32. The number of fused-ring (bicyclic) bond motifs is 1. The number of carbonyl (C=O) groups is 3. The van der Waals surface area contributed by atoms with Crippen molar-refractivity contribution >= 4 is 17.8 Å². The second-order valence-electron chi connectivity index (χ2n) is 6.94. The zero-order valence-electron chi connectivity index (χ0n) is 18.3. The zero-order chi connectivity index (χ0) is 23.8. The number of amides is 4. The van der Waals surface area contributed by atoms with Crippen molar-refractivity contribution < 1.29 is 18.8 Å². The van der Waals surface area contributed by atoms with E-state index < -0.39 is 23.8 Å². The molecule has 170 valence electrons. The Labute approximate surface area is 190 Å². The van der Waals surface area contributed by atoms with Crippen molar-refractivity contribution in [3.8, 4) is 11.4 Å². The Morgan fingerprint density at radius 3 is 2.33 bits per heavy atom. The summed E-state index contributed by atoms with van der Waals surface area (Å²) < 4.78 is 13.1. The first-order valence-corrected chi connectivity index (χ1v) is 10.5. The van der Waals surface area contributed by atoms with Gasteiger partial charge in [0.05, 0.1) is 6.54 Å². The Hall–Kier alpha value is -4.14. The molecule has 4 amide bonds. The van der Waals surface area contributed by atoms with Crippen LogP contribution in [0.5, 0.6) is 0 Å². The summed E-state index contributed by atoms with van der Waals surface area (Å²) in [5.41, 5.74) is 2.08. The third-order valence-corrected chi connectivity index (χ3v) is 4.81. The summed E-state index contributed by atoms with van der Waals surface area (Å²) in [6, 6.07) is 14.4. The van der Waals surface area contributed by atoms with Crippen molar-refractivity contribution in [2.75, 3.05) is 6.54 Å². The van der Waals surface area contributed by atoms with E-state index in [1.54, 1.807) is 18.5 Å². The first-order valence-electron chi connectivity index (χ1n) is 10.5. The molecule has 0 aliphatic carbocycles. The lowest BCUT2D eigenvalue weighted by Crippen LogP contribution is -2.42. The first-order chi connectivity index (χ1) is 16.0. The fraction of sp³-hybridized carbons (Fsp3) is 0.208. The van der Waals surface area contributed by atoms with Gasteiger partial charge in [-0.1, -0.05) is 50.2 Å². The number of carbonyl (C=O) groups excluding carboxylic acids is 3. The molecular formula is C24H24FN5O3. The highest BCUT2D eigenvalue weighted by Crippen LogP contribution is 2.23. The van der Waals surface area contributed by atoms with Crippen LogP contribution >= 0.6 is 0 Å². The third-order valence-electron chi connectivity index (χ3n) is 4.81. The predicted molar refractivity (Wildman–Crippen MR) is 120 cm³/mol. The van der Waals surface area contributed by atoms with E-state index in [2.05, 4.69) is 20.6 Å². The summed E-state index contributed by atoms with van der Waals surface area (Å²) >= 11 is 0. The minimum atomic E-state index is -0.754. The number of imide groups is 1. The van der Waals surface area contributed by atoms with Crippen LogP contribution in [0.25, 0.3) is 11.4 Å². The Bertz CT molecular complexity index is 1090. The van der Waals surface area contributed by atoms with Gasteiger partial charge >= 0.3 is 6.03 Å². The maximum Gasteiger partial charge on any atom is 0.322 e. The van der Waals surface area contributed by atoms with Gasteiger partial charge in [0.15, 0.2) is 5.82 Å². The minimum Gasteiger partial charge on any atom is -0.332 e. The molecule has 0 saturated carbocycles. The molecule has 3 aromatic rings. The van der Waals surface area contributed by atoms with Crippen LogP contribution in [0.3, 0.4) is 0 Å². The zero-order valence-corrected chi connectivity index (χ0v) is 18.3. The van der Waals surface area contributed by atoms with Crippen LogP contribution in [0.2, 0.25) is 0 Å². The van der Waals surface area contributed by atoms with Crippen LogP contribution in [0.1, 0.15) is 29.8 Å². The summed E-state index contributed by atoms with van der Waals surface area (Å²) in [6.45, 7) is 4.39. The van der Waals surface area contributed by atoms with Gasteiger partial charge in [-0.25, -0.2) is 19.2 Å². The maximum atomic E-state index is 13.1. The number of nitrogens with zero attached hydrogens (tertiary/aromatic N) is 3. The van der Waals surface area contributed by atoms with E-state index in [-0.39, 0.29) is 12.5 Å². The molecular weight excluding hydrogens is 425 g/mol. The molecule has 1 saturated heterocycles. The second kappa shape index (κ2) is 10.9. The maximum absolute atomic E-state index is 13.1. The average Bonchev–Trinajstić information content (AvgIpc) is 3.34. The van der Waals surface area contributed by atoms with E-state index in [0.29, 0.717) is 12.1 Å². The summed E-state index contributed by atoms with van der Waals surface area (Å²) in [4.78, 5) is 44.1. The van der Waals surface area contributed by atoms with Crippen LogP contribution in [0.4, 0.5) is 9.18 Å². The Morgan fingerprint density at radius 1 is 1.00 bits per heavy atom. The van der Waals surface area contributed by atoms with Gasteiger partial charge in [0.25, 0.3) is 11.8 Å². The van der Waals surface area contributed by atoms with Crippen molar-refractivity contribution in [1.29, 1.82) is 0 Å². The number of benzene rings is 2. The van der Waals surface area contributed by atoms with Crippen molar-refractivity contribution in [3.05, 3.63) is 83.9 Å². The number of hydrogen-bond donors (Lipinski definition) is 2. The Morgan fingerprint density at radius 2 is 1.70 bits per heavy atom. The van der Waals surface area contributed by atoms with Gasteiger partial charge in [0.2, 0.25) is 0 Å². The van der Waals surface area contributed by atoms with Crippen LogP contribution < -0.4 is 10.6 Å². The molecule has 8 nitrogen and oxygen atoms in total. The topological polar surface area (TPSA) is 104 Å². The summed E-state index contributed by atoms with van der Waals surface area (Å²) in [5.74, 6) is -0.484. The number of urea groups is 1. The number of halogens is 1. The number of rotatable bonds is 3. The summed E-state index contributed by atoms with van der Waals surface area (Å²) in [6.07, 6.45) is 3.49. The smallest absolute Gasteiger partial charge is 0.322 e. The molecule has 1 atom stereocenters. The van der Waals surface area contributed by atoms with Crippen molar-refractivity contribution in [2.45, 2.75) is 26.4 Å².